The van der Waals surface area contributed by atoms with Crippen LogP contribution >= 0.6 is 0 Å². The fourth-order valence-electron chi connectivity index (χ4n) is 2.55. The van der Waals surface area contributed by atoms with Gasteiger partial charge in [0.15, 0.2) is 0 Å². The number of carbonyl (C=O) groups excluding carboxylic acids is 1. The van der Waals surface area contributed by atoms with Gasteiger partial charge in [-0.1, -0.05) is 13.8 Å². The topological polar surface area (TPSA) is 57.4 Å². The molecule has 0 fully saturated rings. The summed E-state index contributed by atoms with van der Waals surface area (Å²) in [6.07, 6.45) is 1.84. The standard InChI is InChI=1S/C17H22FN3O2/c1-5-21(14-8-9-19-16(14)11(2)3)15-10-12(6-7-13(15)18)17(22)20-23-4/h6-11,19H,5H2,1-4H3,(H,20,22). The van der Waals surface area contributed by atoms with E-state index in [1.54, 1.807) is 0 Å². The van der Waals surface area contributed by atoms with Crippen LogP contribution in [0.2, 0.25) is 0 Å². The predicted octanol–water partition coefficient (Wildman–Crippen LogP) is 3.73. The molecule has 0 spiro atoms. The first-order valence-corrected chi connectivity index (χ1v) is 7.57. The van der Waals surface area contributed by atoms with Gasteiger partial charge in [-0.05, 0) is 37.1 Å². The van der Waals surface area contributed by atoms with Gasteiger partial charge in [0.1, 0.15) is 5.82 Å². The van der Waals surface area contributed by atoms with Gasteiger partial charge in [0.25, 0.3) is 5.91 Å². The molecule has 0 saturated carbocycles. The molecule has 0 atom stereocenters. The quantitative estimate of drug-likeness (QED) is 0.798. The Morgan fingerprint density at radius 2 is 2.09 bits per heavy atom. The second kappa shape index (κ2) is 7.28. The highest BCUT2D eigenvalue weighted by molar-refractivity contribution is 5.94. The summed E-state index contributed by atoms with van der Waals surface area (Å²) in [6.45, 7) is 6.66. The zero-order valence-electron chi connectivity index (χ0n) is 13.8. The van der Waals surface area contributed by atoms with Gasteiger partial charge in [-0.25, -0.2) is 9.87 Å². The van der Waals surface area contributed by atoms with Gasteiger partial charge in [-0.3, -0.25) is 9.63 Å². The van der Waals surface area contributed by atoms with Gasteiger partial charge in [0, 0.05) is 24.0 Å². The highest BCUT2D eigenvalue weighted by Crippen LogP contribution is 2.33. The summed E-state index contributed by atoms with van der Waals surface area (Å²) in [5, 5.41) is 0. The normalized spacial score (nSPS) is 10.9. The fraction of sp³-hybridized carbons (Fsp3) is 0.353. The van der Waals surface area contributed by atoms with Gasteiger partial charge >= 0.3 is 0 Å². The van der Waals surface area contributed by atoms with E-state index in [0.29, 0.717) is 17.8 Å². The Balaban J connectivity index is 2.47. The molecule has 2 aromatic rings. The summed E-state index contributed by atoms with van der Waals surface area (Å²) in [5.74, 6) is -0.517. The first kappa shape index (κ1) is 17.0. The summed E-state index contributed by atoms with van der Waals surface area (Å²) < 4.78 is 14.4. The number of hydrogen-bond acceptors (Lipinski definition) is 3. The molecule has 0 radical (unpaired) electrons. The number of benzene rings is 1. The van der Waals surface area contributed by atoms with Crippen LogP contribution in [0, 0.1) is 5.82 Å². The Morgan fingerprint density at radius 3 is 2.70 bits per heavy atom. The number of aromatic amines is 1. The minimum atomic E-state index is -0.414. The third-order valence-corrected chi connectivity index (χ3v) is 3.63. The monoisotopic (exact) mass is 319 g/mol. The lowest BCUT2D eigenvalue weighted by Crippen LogP contribution is -2.23. The summed E-state index contributed by atoms with van der Waals surface area (Å²) in [6, 6.07) is 6.18. The van der Waals surface area contributed by atoms with E-state index >= 15 is 0 Å². The van der Waals surface area contributed by atoms with Crippen LogP contribution in [0.25, 0.3) is 0 Å². The Morgan fingerprint density at radius 1 is 1.35 bits per heavy atom. The number of H-pyrrole nitrogens is 1. The van der Waals surface area contributed by atoms with E-state index in [2.05, 4.69) is 29.1 Å². The molecule has 6 heteroatoms. The van der Waals surface area contributed by atoms with Crippen molar-refractivity contribution in [1.29, 1.82) is 0 Å². The maximum absolute atomic E-state index is 14.4. The molecular formula is C17H22FN3O2. The summed E-state index contributed by atoms with van der Waals surface area (Å²) in [4.78, 5) is 21.6. The van der Waals surface area contributed by atoms with Gasteiger partial charge < -0.3 is 9.88 Å². The van der Waals surface area contributed by atoms with Gasteiger partial charge in [-0.2, -0.15) is 0 Å². The molecular weight excluding hydrogens is 297 g/mol. The predicted molar refractivity (Wildman–Crippen MR) is 88.4 cm³/mol. The summed E-state index contributed by atoms with van der Waals surface area (Å²) >= 11 is 0. The number of hydroxylamine groups is 1. The number of anilines is 2. The lowest BCUT2D eigenvalue weighted by molar-refractivity contribution is 0.0537. The van der Waals surface area contributed by atoms with Crippen LogP contribution in [0.15, 0.2) is 30.5 Å². The number of hydrogen-bond donors (Lipinski definition) is 2. The fourth-order valence-corrected chi connectivity index (χ4v) is 2.55. The number of nitrogens with zero attached hydrogens (tertiary/aromatic N) is 1. The van der Waals surface area contributed by atoms with Crippen molar-refractivity contribution in [3.8, 4) is 0 Å². The third kappa shape index (κ3) is 3.53. The van der Waals surface area contributed by atoms with Gasteiger partial charge in [0.05, 0.1) is 18.5 Å². The first-order valence-electron chi connectivity index (χ1n) is 7.57. The molecule has 5 nitrogen and oxygen atoms in total. The van der Waals surface area contributed by atoms with Crippen molar-refractivity contribution >= 4 is 17.3 Å². The number of nitrogens with one attached hydrogen (secondary N) is 2. The molecule has 2 rings (SSSR count). The van der Waals surface area contributed by atoms with Crippen LogP contribution in [0.3, 0.4) is 0 Å². The summed E-state index contributed by atoms with van der Waals surface area (Å²) in [7, 11) is 1.36. The minimum absolute atomic E-state index is 0.275. The Hall–Kier alpha value is -2.34. The highest BCUT2D eigenvalue weighted by atomic mass is 19.1. The SMILES string of the molecule is CCN(c1cc(C(=O)NOC)ccc1F)c1cc[nH]c1C(C)C. The van der Waals surface area contributed by atoms with Crippen LogP contribution in [0.5, 0.6) is 0 Å². The maximum Gasteiger partial charge on any atom is 0.274 e. The number of carbonyl (C=O) groups is 1. The largest absolute Gasteiger partial charge is 0.363 e. The molecule has 1 heterocycles. The van der Waals surface area contributed by atoms with Crippen LogP contribution in [0.1, 0.15) is 42.7 Å². The van der Waals surface area contributed by atoms with Crippen LogP contribution in [-0.4, -0.2) is 24.5 Å². The molecule has 23 heavy (non-hydrogen) atoms. The van der Waals surface area contributed by atoms with Crippen molar-refractivity contribution in [3.05, 3.63) is 47.5 Å². The van der Waals surface area contributed by atoms with Crippen molar-refractivity contribution < 1.29 is 14.0 Å². The Kier molecular flexibility index (Phi) is 5.39. The molecule has 1 amide bonds. The summed E-state index contributed by atoms with van der Waals surface area (Å²) in [5.41, 5.74) is 4.87. The van der Waals surface area contributed by atoms with Crippen molar-refractivity contribution in [2.24, 2.45) is 0 Å². The molecule has 2 N–H and O–H groups in total. The van der Waals surface area contributed by atoms with E-state index in [9.17, 15) is 9.18 Å². The average Bonchev–Trinajstić information content (AvgIpc) is 2.99. The van der Waals surface area contributed by atoms with Crippen LogP contribution in [-0.2, 0) is 4.84 Å². The molecule has 0 aliphatic rings. The maximum atomic E-state index is 14.4. The van der Waals surface area contributed by atoms with Crippen LogP contribution in [0.4, 0.5) is 15.8 Å². The lowest BCUT2D eigenvalue weighted by Gasteiger charge is -2.25. The average molecular weight is 319 g/mol. The molecule has 0 aliphatic carbocycles. The van der Waals surface area contributed by atoms with Gasteiger partial charge in [0.2, 0.25) is 0 Å². The number of halogens is 1. The minimum Gasteiger partial charge on any atom is -0.363 e. The van der Waals surface area contributed by atoms with Crippen molar-refractivity contribution in [3.63, 3.8) is 0 Å². The van der Waals surface area contributed by atoms with Crippen molar-refractivity contribution in [2.45, 2.75) is 26.7 Å². The zero-order chi connectivity index (χ0) is 17.0. The van der Waals surface area contributed by atoms with Gasteiger partial charge in [-0.15, -0.1) is 0 Å². The zero-order valence-corrected chi connectivity index (χ0v) is 13.8. The number of aromatic nitrogens is 1. The first-order chi connectivity index (χ1) is 11.0. The number of amides is 1. The lowest BCUT2D eigenvalue weighted by atomic mass is 10.1. The van der Waals surface area contributed by atoms with E-state index in [0.717, 1.165) is 11.4 Å². The van der Waals surface area contributed by atoms with Crippen LogP contribution < -0.4 is 10.4 Å². The molecule has 0 aliphatic heterocycles. The van der Waals surface area contributed by atoms with Crippen molar-refractivity contribution in [2.75, 3.05) is 18.6 Å². The van der Waals surface area contributed by atoms with E-state index in [1.165, 1.54) is 25.3 Å². The van der Waals surface area contributed by atoms with E-state index in [1.807, 2.05) is 24.1 Å². The second-order valence-corrected chi connectivity index (χ2v) is 5.48. The van der Waals surface area contributed by atoms with E-state index < -0.39 is 5.91 Å². The molecule has 0 unspecified atom stereocenters. The van der Waals surface area contributed by atoms with E-state index in [-0.39, 0.29) is 11.7 Å². The molecule has 1 aromatic carbocycles. The Labute approximate surface area is 135 Å². The number of rotatable bonds is 6. The Bertz CT molecular complexity index is 682. The second-order valence-electron chi connectivity index (χ2n) is 5.48. The van der Waals surface area contributed by atoms with Crippen molar-refractivity contribution in [1.82, 2.24) is 10.5 Å². The molecule has 0 bridgehead atoms. The molecule has 124 valence electrons. The van der Waals surface area contributed by atoms with E-state index in [4.69, 9.17) is 0 Å². The highest BCUT2D eigenvalue weighted by Gasteiger charge is 2.19. The molecule has 1 aromatic heterocycles. The third-order valence-electron chi connectivity index (χ3n) is 3.63. The smallest absolute Gasteiger partial charge is 0.274 e. The molecule has 0 saturated heterocycles.